The first kappa shape index (κ1) is 16.6. The molecule has 0 spiro atoms. The lowest BCUT2D eigenvalue weighted by molar-refractivity contribution is 0.199. The Hall–Kier alpha value is -0.810. The van der Waals surface area contributed by atoms with E-state index in [2.05, 4.69) is 22.3 Å². The minimum Gasteiger partial charge on any atom is -0.396 e. The second-order valence-electron chi connectivity index (χ2n) is 5.58. The molecule has 1 atom stereocenters. The molecule has 1 aromatic carbocycles. The van der Waals surface area contributed by atoms with Gasteiger partial charge in [0.1, 0.15) is 0 Å². The third-order valence-electron chi connectivity index (χ3n) is 3.98. The van der Waals surface area contributed by atoms with Crippen LogP contribution in [0, 0.1) is 5.92 Å². The van der Waals surface area contributed by atoms with Crippen LogP contribution in [0.25, 0.3) is 0 Å². The number of anilines is 1. The van der Waals surface area contributed by atoms with Crippen molar-refractivity contribution in [1.29, 1.82) is 0 Å². The molecule has 1 aliphatic rings. The Bertz CT molecular complexity index is 442. The normalized spacial score (nSPS) is 19.0. The number of hydrogen-bond donors (Lipinski definition) is 2. The minimum atomic E-state index is 0.270. The van der Waals surface area contributed by atoms with Gasteiger partial charge in [0.25, 0.3) is 0 Å². The van der Waals surface area contributed by atoms with Crippen LogP contribution in [0.3, 0.4) is 0 Å². The van der Waals surface area contributed by atoms with Crippen LogP contribution in [0.2, 0.25) is 5.02 Å². The van der Waals surface area contributed by atoms with Gasteiger partial charge in [-0.25, -0.2) is 0 Å². The fourth-order valence-electron chi connectivity index (χ4n) is 2.72. The largest absolute Gasteiger partial charge is 0.396 e. The summed E-state index contributed by atoms with van der Waals surface area (Å²) in [5.41, 5.74) is 2.26. The predicted octanol–water partition coefficient (Wildman–Crippen LogP) is 2.28. The molecule has 1 fully saturated rings. The maximum absolute atomic E-state index is 9.32. The molecule has 0 aliphatic carbocycles. The van der Waals surface area contributed by atoms with E-state index in [1.54, 1.807) is 7.11 Å². The van der Waals surface area contributed by atoms with E-state index in [-0.39, 0.29) is 6.61 Å². The van der Waals surface area contributed by atoms with Gasteiger partial charge in [0, 0.05) is 50.6 Å². The van der Waals surface area contributed by atoms with Crippen molar-refractivity contribution in [2.24, 2.45) is 5.92 Å². The van der Waals surface area contributed by atoms with Gasteiger partial charge in [-0.3, -0.25) is 0 Å². The summed E-state index contributed by atoms with van der Waals surface area (Å²) in [6.45, 7) is 4.49. The maximum atomic E-state index is 9.32. The standard InChI is InChI=1S/C16H25ClN2O2/c1-21-8-6-18-10-14-4-5-15(9-16(14)17)19-7-2-3-13(11-19)12-20/h4-5,9,13,18,20H,2-3,6-8,10-12H2,1H3. The van der Waals surface area contributed by atoms with E-state index >= 15 is 0 Å². The van der Waals surface area contributed by atoms with Crippen molar-refractivity contribution < 1.29 is 9.84 Å². The van der Waals surface area contributed by atoms with E-state index in [0.717, 1.165) is 55.3 Å². The molecule has 21 heavy (non-hydrogen) atoms. The van der Waals surface area contributed by atoms with Crippen LogP contribution in [0.1, 0.15) is 18.4 Å². The summed E-state index contributed by atoms with van der Waals surface area (Å²) >= 11 is 6.38. The molecule has 0 amide bonds. The summed E-state index contributed by atoms with van der Waals surface area (Å²) in [5.74, 6) is 0.382. The number of methoxy groups -OCH3 is 1. The third kappa shape index (κ3) is 4.85. The number of nitrogens with zero attached hydrogens (tertiary/aromatic N) is 1. The smallest absolute Gasteiger partial charge is 0.0587 e. The number of piperidine rings is 1. The highest BCUT2D eigenvalue weighted by Crippen LogP contribution is 2.27. The fraction of sp³-hybridized carbons (Fsp3) is 0.625. The van der Waals surface area contributed by atoms with Gasteiger partial charge in [0.15, 0.2) is 0 Å². The number of halogens is 1. The average Bonchev–Trinajstić information content (AvgIpc) is 2.53. The number of benzene rings is 1. The van der Waals surface area contributed by atoms with Gasteiger partial charge in [-0.05, 0) is 36.5 Å². The molecule has 0 bridgehead atoms. The van der Waals surface area contributed by atoms with E-state index in [1.807, 2.05) is 6.07 Å². The summed E-state index contributed by atoms with van der Waals surface area (Å²) in [4.78, 5) is 2.32. The van der Waals surface area contributed by atoms with Gasteiger partial charge in [-0.15, -0.1) is 0 Å². The molecule has 0 aromatic heterocycles. The first-order chi connectivity index (χ1) is 10.2. The second kappa shape index (κ2) is 8.59. The SMILES string of the molecule is COCCNCc1ccc(N2CCCC(CO)C2)cc1Cl. The molecule has 118 valence electrons. The van der Waals surface area contributed by atoms with Crippen molar-refractivity contribution in [2.75, 3.05) is 44.9 Å². The molecule has 1 heterocycles. The lowest BCUT2D eigenvalue weighted by atomic mass is 9.98. The topological polar surface area (TPSA) is 44.7 Å². The third-order valence-corrected chi connectivity index (χ3v) is 4.33. The van der Waals surface area contributed by atoms with Crippen LogP contribution in [-0.2, 0) is 11.3 Å². The Morgan fingerprint density at radius 3 is 3.05 bits per heavy atom. The van der Waals surface area contributed by atoms with Gasteiger partial charge in [-0.1, -0.05) is 17.7 Å². The van der Waals surface area contributed by atoms with Crippen molar-refractivity contribution in [1.82, 2.24) is 5.32 Å². The van der Waals surface area contributed by atoms with E-state index < -0.39 is 0 Å². The maximum Gasteiger partial charge on any atom is 0.0587 e. The summed E-state index contributed by atoms with van der Waals surface area (Å²) in [7, 11) is 1.70. The molecule has 0 radical (unpaired) electrons. The van der Waals surface area contributed by atoms with Gasteiger partial charge >= 0.3 is 0 Å². The van der Waals surface area contributed by atoms with Gasteiger partial charge in [0.05, 0.1) is 6.61 Å². The van der Waals surface area contributed by atoms with Crippen LogP contribution in [-0.4, -0.2) is 45.1 Å². The quantitative estimate of drug-likeness (QED) is 0.758. The zero-order valence-corrected chi connectivity index (χ0v) is 13.4. The van der Waals surface area contributed by atoms with Crippen LogP contribution >= 0.6 is 11.6 Å². The zero-order valence-electron chi connectivity index (χ0n) is 12.6. The van der Waals surface area contributed by atoms with E-state index in [4.69, 9.17) is 16.3 Å². The minimum absolute atomic E-state index is 0.270. The van der Waals surface area contributed by atoms with Crippen molar-refractivity contribution in [2.45, 2.75) is 19.4 Å². The Labute approximate surface area is 132 Å². The van der Waals surface area contributed by atoms with E-state index in [1.165, 1.54) is 0 Å². The highest BCUT2D eigenvalue weighted by atomic mass is 35.5. The van der Waals surface area contributed by atoms with Crippen LogP contribution in [0.5, 0.6) is 0 Å². The number of aliphatic hydroxyl groups is 1. The van der Waals surface area contributed by atoms with Crippen LogP contribution < -0.4 is 10.2 Å². The Morgan fingerprint density at radius 2 is 2.33 bits per heavy atom. The molecule has 2 N–H and O–H groups in total. The van der Waals surface area contributed by atoms with Crippen molar-refractivity contribution in [3.05, 3.63) is 28.8 Å². The molecule has 1 unspecified atom stereocenters. The summed E-state index contributed by atoms with van der Waals surface area (Å²) in [6.07, 6.45) is 2.24. The lowest BCUT2D eigenvalue weighted by Crippen LogP contribution is -2.36. The van der Waals surface area contributed by atoms with Crippen molar-refractivity contribution in [3.63, 3.8) is 0 Å². The summed E-state index contributed by atoms with van der Waals surface area (Å²) in [6, 6.07) is 6.24. The van der Waals surface area contributed by atoms with Crippen LogP contribution in [0.4, 0.5) is 5.69 Å². The second-order valence-corrected chi connectivity index (χ2v) is 5.99. The highest BCUT2D eigenvalue weighted by molar-refractivity contribution is 6.31. The predicted molar refractivity (Wildman–Crippen MR) is 87.1 cm³/mol. The fourth-order valence-corrected chi connectivity index (χ4v) is 2.96. The molecule has 1 aromatic rings. The molecule has 5 heteroatoms. The molecule has 1 saturated heterocycles. The number of aliphatic hydroxyl groups excluding tert-OH is 1. The Kier molecular flexibility index (Phi) is 6.77. The number of hydrogen-bond acceptors (Lipinski definition) is 4. The Balaban J connectivity index is 1.94. The number of ether oxygens (including phenoxy) is 1. The summed E-state index contributed by atoms with van der Waals surface area (Å²) < 4.78 is 5.01. The zero-order chi connectivity index (χ0) is 15.1. The molecular formula is C16H25ClN2O2. The van der Waals surface area contributed by atoms with E-state index in [0.29, 0.717) is 12.5 Å². The van der Waals surface area contributed by atoms with Gasteiger partial charge < -0.3 is 20.1 Å². The van der Waals surface area contributed by atoms with Crippen molar-refractivity contribution >= 4 is 17.3 Å². The van der Waals surface area contributed by atoms with Gasteiger partial charge in [0.2, 0.25) is 0 Å². The first-order valence-electron chi connectivity index (χ1n) is 7.58. The van der Waals surface area contributed by atoms with Crippen LogP contribution in [0.15, 0.2) is 18.2 Å². The van der Waals surface area contributed by atoms with E-state index in [9.17, 15) is 5.11 Å². The molecule has 0 saturated carbocycles. The Morgan fingerprint density at radius 1 is 1.48 bits per heavy atom. The molecular weight excluding hydrogens is 288 g/mol. The lowest BCUT2D eigenvalue weighted by Gasteiger charge is -2.33. The molecule has 1 aliphatic heterocycles. The summed E-state index contributed by atoms with van der Waals surface area (Å²) in [5, 5.41) is 13.4. The number of rotatable bonds is 7. The van der Waals surface area contributed by atoms with Crippen molar-refractivity contribution in [3.8, 4) is 0 Å². The first-order valence-corrected chi connectivity index (χ1v) is 7.96. The van der Waals surface area contributed by atoms with Gasteiger partial charge in [-0.2, -0.15) is 0 Å². The molecule has 2 rings (SSSR count). The number of nitrogens with one attached hydrogen (secondary N) is 1. The monoisotopic (exact) mass is 312 g/mol. The molecule has 4 nitrogen and oxygen atoms in total. The average molecular weight is 313 g/mol. The highest BCUT2D eigenvalue weighted by Gasteiger charge is 2.19.